The average Bonchev–Trinajstić information content (AvgIpc) is 3.53. The van der Waals surface area contributed by atoms with Crippen LogP contribution in [0.3, 0.4) is 0 Å². The van der Waals surface area contributed by atoms with Crippen molar-refractivity contribution in [1.29, 1.82) is 0 Å². The van der Waals surface area contributed by atoms with E-state index in [9.17, 15) is 9.59 Å². The number of nitrogens with one attached hydrogen (secondary N) is 1. The first kappa shape index (κ1) is 20.3. The fourth-order valence-electron chi connectivity index (χ4n) is 3.92. The highest BCUT2D eigenvalue weighted by Gasteiger charge is 2.47. The summed E-state index contributed by atoms with van der Waals surface area (Å²) in [6.07, 6.45) is 1.62. The van der Waals surface area contributed by atoms with E-state index in [1.807, 2.05) is 36.1 Å². The van der Waals surface area contributed by atoms with Crippen molar-refractivity contribution >= 4 is 11.8 Å². The predicted molar refractivity (Wildman–Crippen MR) is 108 cm³/mol. The molecule has 2 aromatic rings. The summed E-state index contributed by atoms with van der Waals surface area (Å²) in [6.45, 7) is 2.56. The van der Waals surface area contributed by atoms with E-state index < -0.39 is 6.10 Å². The first-order chi connectivity index (χ1) is 14.5. The summed E-state index contributed by atoms with van der Waals surface area (Å²) >= 11 is 0. The molecule has 0 radical (unpaired) electrons. The van der Waals surface area contributed by atoms with Crippen LogP contribution in [-0.2, 0) is 27.3 Å². The van der Waals surface area contributed by atoms with Gasteiger partial charge in [0.2, 0.25) is 11.8 Å². The third-order valence-electron chi connectivity index (χ3n) is 5.55. The van der Waals surface area contributed by atoms with Crippen LogP contribution in [-0.4, -0.2) is 58.3 Å². The van der Waals surface area contributed by atoms with Gasteiger partial charge in [0, 0.05) is 19.6 Å². The lowest BCUT2D eigenvalue weighted by Gasteiger charge is -2.41. The molecule has 4 rings (SSSR count). The van der Waals surface area contributed by atoms with Crippen molar-refractivity contribution in [1.82, 2.24) is 25.0 Å². The highest BCUT2D eigenvalue weighted by Crippen LogP contribution is 2.45. The molecule has 1 saturated heterocycles. The minimum atomic E-state index is -0.470. The minimum absolute atomic E-state index is 0.00910. The van der Waals surface area contributed by atoms with Crippen molar-refractivity contribution in [2.75, 3.05) is 20.8 Å². The molecule has 0 unspecified atom stereocenters. The van der Waals surface area contributed by atoms with Crippen LogP contribution in [0.1, 0.15) is 49.1 Å². The quantitative estimate of drug-likeness (QED) is 0.737. The number of hydrogen-bond donors (Lipinski definition) is 1. The van der Waals surface area contributed by atoms with Crippen LogP contribution >= 0.6 is 0 Å². The molecule has 9 heteroatoms. The SMILES string of the molecule is CCn1nc(CC(=O)NC)nc1[C@H]1OCC(=O)N(C2CC2)[C@@H]1c1ccc(OC)cc1. The lowest BCUT2D eigenvalue weighted by molar-refractivity contribution is -0.160. The maximum Gasteiger partial charge on any atom is 0.249 e. The number of rotatable bonds is 7. The van der Waals surface area contributed by atoms with Crippen molar-refractivity contribution in [3.63, 3.8) is 0 Å². The Hall–Kier alpha value is -2.94. The number of aryl methyl sites for hydroxylation is 1. The number of benzene rings is 1. The van der Waals surface area contributed by atoms with Gasteiger partial charge in [-0.25, -0.2) is 9.67 Å². The molecular weight excluding hydrogens is 386 g/mol. The second-order valence-electron chi connectivity index (χ2n) is 7.53. The van der Waals surface area contributed by atoms with E-state index >= 15 is 0 Å². The fraction of sp³-hybridized carbons (Fsp3) is 0.524. The molecule has 1 aromatic heterocycles. The number of morpholine rings is 1. The molecule has 30 heavy (non-hydrogen) atoms. The Bertz CT molecular complexity index is 922. The first-order valence-corrected chi connectivity index (χ1v) is 10.3. The number of likely N-dealkylation sites (N-methyl/N-ethyl adjacent to an activating group) is 1. The van der Waals surface area contributed by atoms with Gasteiger partial charge in [0.1, 0.15) is 18.5 Å². The molecule has 2 aliphatic rings. The van der Waals surface area contributed by atoms with E-state index in [-0.39, 0.29) is 36.9 Å². The molecule has 1 saturated carbocycles. The van der Waals surface area contributed by atoms with Gasteiger partial charge in [0.15, 0.2) is 11.6 Å². The second kappa shape index (κ2) is 8.43. The number of carbonyl (C=O) groups is 2. The molecule has 1 aliphatic carbocycles. The number of aromatic nitrogens is 3. The van der Waals surface area contributed by atoms with Crippen LogP contribution in [0.25, 0.3) is 0 Å². The van der Waals surface area contributed by atoms with E-state index in [2.05, 4.69) is 15.4 Å². The molecule has 1 N–H and O–H groups in total. The van der Waals surface area contributed by atoms with E-state index in [0.29, 0.717) is 18.2 Å². The molecule has 2 fully saturated rings. The number of ether oxygens (including phenoxy) is 2. The number of carbonyl (C=O) groups excluding carboxylic acids is 2. The Labute approximate surface area is 175 Å². The number of methoxy groups -OCH3 is 1. The van der Waals surface area contributed by atoms with Gasteiger partial charge in [-0.2, -0.15) is 5.10 Å². The highest BCUT2D eigenvalue weighted by molar-refractivity contribution is 5.79. The lowest BCUT2D eigenvalue weighted by Crippen LogP contribution is -2.47. The van der Waals surface area contributed by atoms with Gasteiger partial charge in [-0.15, -0.1) is 0 Å². The van der Waals surface area contributed by atoms with Crippen LogP contribution in [0.15, 0.2) is 24.3 Å². The molecule has 2 heterocycles. The largest absolute Gasteiger partial charge is 0.497 e. The fourth-order valence-corrected chi connectivity index (χ4v) is 3.92. The zero-order valence-corrected chi connectivity index (χ0v) is 17.5. The van der Waals surface area contributed by atoms with Crippen LogP contribution in [0.2, 0.25) is 0 Å². The van der Waals surface area contributed by atoms with Gasteiger partial charge in [0.25, 0.3) is 0 Å². The molecule has 2 amide bonds. The summed E-state index contributed by atoms with van der Waals surface area (Å²) in [5, 5.41) is 7.09. The van der Waals surface area contributed by atoms with E-state index in [0.717, 1.165) is 24.2 Å². The van der Waals surface area contributed by atoms with Crippen molar-refractivity contribution in [2.24, 2.45) is 0 Å². The molecule has 160 valence electrons. The Balaban J connectivity index is 1.74. The molecule has 1 aliphatic heterocycles. The monoisotopic (exact) mass is 413 g/mol. The Morgan fingerprint density at radius 2 is 2.03 bits per heavy atom. The van der Waals surface area contributed by atoms with Gasteiger partial charge in [-0.3, -0.25) is 9.59 Å². The van der Waals surface area contributed by atoms with Crippen molar-refractivity contribution in [3.8, 4) is 5.75 Å². The van der Waals surface area contributed by atoms with Gasteiger partial charge >= 0.3 is 0 Å². The average molecular weight is 413 g/mol. The normalized spacial score (nSPS) is 21.6. The Morgan fingerprint density at radius 1 is 1.30 bits per heavy atom. The number of nitrogens with zero attached hydrogens (tertiary/aromatic N) is 4. The van der Waals surface area contributed by atoms with Gasteiger partial charge in [0.05, 0.1) is 19.6 Å². The molecular formula is C21H27N5O4. The van der Waals surface area contributed by atoms with E-state index in [1.165, 1.54) is 0 Å². The molecule has 2 atom stereocenters. The zero-order valence-electron chi connectivity index (χ0n) is 17.5. The maximum absolute atomic E-state index is 12.8. The highest BCUT2D eigenvalue weighted by atomic mass is 16.5. The standard InChI is InChI=1S/C21H27N5O4/c1-4-25-21(23-16(24-25)11-17(27)22-2)20-19(13-5-9-15(29-3)10-6-13)26(14-7-8-14)18(28)12-30-20/h5-6,9-10,14,19-20H,4,7-8,11-12H2,1-3H3,(H,22,27)/t19-,20+/m1/s1. The summed E-state index contributed by atoms with van der Waals surface area (Å²) in [4.78, 5) is 31.2. The number of hydrogen-bond acceptors (Lipinski definition) is 6. The molecule has 0 spiro atoms. The second-order valence-corrected chi connectivity index (χ2v) is 7.53. The minimum Gasteiger partial charge on any atom is -0.497 e. The summed E-state index contributed by atoms with van der Waals surface area (Å²) in [6, 6.07) is 7.61. The number of amides is 2. The van der Waals surface area contributed by atoms with Gasteiger partial charge in [-0.05, 0) is 37.5 Å². The van der Waals surface area contributed by atoms with Crippen LogP contribution in [0.5, 0.6) is 5.75 Å². The summed E-state index contributed by atoms with van der Waals surface area (Å²) in [5.41, 5.74) is 0.958. The third-order valence-corrected chi connectivity index (χ3v) is 5.55. The zero-order chi connectivity index (χ0) is 21.3. The summed E-state index contributed by atoms with van der Waals surface area (Å²) in [7, 11) is 3.21. The molecule has 1 aromatic carbocycles. The maximum atomic E-state index is 12.8. The van der Waals surface area contributed by atoms with Crippen molar-refractivity contribution in [3.05, 3.63) is 41.5 Å². The van der Waals surface area contributed by atoms with Crippen LogP contribution < -0.4 is 10.1 Å². The van der Waals surface area contributed by atoms with Gasteiger partial charge < -0.3 is 19.7 Å². The molecule has 0 bridgehead atoms. The van der Waals surface area contributed by atoms with E-state index in [4.69, 9.17) is 9.47 Å². The predicted octanol–water partition coefficient (Wildman–Crippen LogP) is 1.40. The smallest absolute Gasteiger partial charge is 0.249 e. The third kappa shape index (κ3) is 3.89. The van der Waals surface area contributed by atoms with Crippen LogP contribution in [0, 0.1) is 0 Å². The Kier molecular flexibility index (Phi) is 5.72. The van der Waals surface area contributed by atoms with Crippen molar-refractivity contribution < 1.29 is 19.1 Å². The summed E-state index contributed by atoms with van der Waals surface area (Å²) in [5.74, 6) is 1.66. The topological polar surface area (TPSA) is 98.6 Å². The first-order valence-electron chi connectivity index (χ1n) is 10.3. The Morgan fingerprint density at radius 3 is 2.63 bits per heavy atom. The lowest BCUT2D eigenvalue weighted by atomic mass is 9.96. The van der Waals surface area contributed by atoms with E-state index in [1.54, 1.807) is 18.8 Å². The summed E-state index contributed by atoms with van der Waals surface area (Å²) < 4.78 is 13.1. The molecule has 9 nitrogen and oxygen atoms in total. The van der Waals surface area contributed by atoms with Crippen LogP contribution in [0.4, 0.5) is 0 Å². The van der Waals surface area contributed by atoms with Crippen molar-refractivity contribution in [2.45, 2.75) is 50.9 Å². The van der Waals surface area contributed by atoms with Gasteiger partial charge in [-0.1, -0.05) is 12.1 Å².